The van der Waals surface area contributed by atoms with Gasteiger partial charge in [-0.1, -0.05) is 0 Å². The Morgan fingerprint density at radius 2 is 1.16 bits per heavy atom. The average Bonchev–Trinajstić information content (AvgIpc) is 2.60. The predicted octanol–water partition coefficient (Wildman–Crippen LogP) is 4.59. The largest absolute Gasteiger partial charge is 0.462 e. The lowest BCUT2D eigenvalue weighted by Crippen LogP contribution is -2.23. The molecule has 2 heterocycles. The molecule has 0 aliphatic carbocycles. The minimum Gasteiger partial charge on any atom is -0.462 e. The van der Waals surface area contributed by atoms with Crippen LogP contribution in [-0.4, -0.2) is 47.2 Å². The lowest BCUT2D eigenvalue weighted by Gasteiger charge is -2.22. The van der Waals surface area contributed by atoms with Crippen LogP contribution < -0.4 is 0 Å². The number of hydrogen-bond acceptors (Lipinski definition) is 6. The van der Waals surface area contributed by atoms with Crippen LogP contribution in [0.25, 0.3) is 0 Å². The Kier molecular flexibility index (Phi) is 10.8. The van der Waals surface area contributed by atoms with E-state index < -0.39 is 0 Å². The minimum atomic E-state index is -0.0115. The van der Waals surface area contributed by atoms with Gasteiger partial charge in [-0.25, -0.2) is 0 Å². The van der Waals surface area contributed by atoms with Crippen LogP contribution in [0.2, 0.25) is 0 Å². The standard InChI is InChI=1S/C19H32O4S2/c20-18-10-1-6-16(22-18)8-3-12-24-14-5-15-25-13-4-9-17-7-2-11-19(21)23-17/h16-17H,1-15H2. The molecule has 0 aromatic rings. The predicted molar refractivity (Wildman–Crippen MR) is 105 cm³/mol. The van der Waals surface area contributed by atoms with Crippen LogP contribution in [0, 0.1) is 0 Å². The van der Waals surface area contributed by atoms with Gasteiger partial charge in [-0.2, -0.15) is 23.5 Å². The maximum atomic E-state index is 11.2. The second-order valence-electron chi connectivity index (χ2n) is 6.87. The van der Waals surface area contributed by atoms with E-state index in [0.717, 1.165) is 51.4 Å². The third kappa shape index (κ3) is 9.78. The Labute approximate surface area is 160 Å². The first-order chi connectivity index (χ1) is 12.2. The number of cyclic esters (lactones) is 2. The molecule has 0 bridgehead atoms. The van der Waals surface area contributed by atoms with Crippen molar-refractivity contribution in [3.05, 3.63) is 0 Å². The van der Waals surface area contributed by atoms with Crippen molar-refractivity contribution in [3.63, 3.8) is 0 Å². The van der Waals surface area contributed by atoms with E-state index in [0.29, 0.717) is 12.8 Å². The summed E-state index contributed by atoms with van der Waals surface area (Å²) < 4.78 is 10.7. The first kappa shape index (κ1) is 20.9. The Morgan fingerprint density at radius 1 is 0.720 bits per heavy atom. The highest BCUT2D eigenvalue weighted by molar-refractivity contribution is 8.00. The highest BCUT2D eigenvalue weighted by Crippen LogP contribution is 2.21. The molecule has 2 atom stereocenters. The van der Waals surface area contributed by atoms with Gasteiger partial charge in [-0.15, -0.1) is 0 Å². The highest BCUT2D eigenvalue weighted by Gasteiger charge is 2.20. The molecule has 0 spiro atoms. The molecule has 2 fully saturated rings. The molecular weight excluding hydrogens is 356 g/mol. The quantitative estimate of drug-likeness (QED) is 0.360. The Balaban J connectivity index is 1.31. The molecule has 6 heteroatoms. The van der Waals surface area contributed by atoms with Crippen LogP contribution in [0.5, 0.6) is 0 Å². The molecule has 0 aromatic heterocycles. The molecular formula is C19H32O4S2. The maximum Gasteiger partial charge on any atom is 0.306 e. The first-order valence-electron chi connectivity index (χ1n) is 9.78. The van der Waals surface area contributed by atoms with Gasteiger partial charge in [0.1, 0.15) is 12.2 Å². The third-order valence-corrected chi connectivity index (χ3v) is 6.93. The molecule has 25 heavy (non-hydrogen) atoms. The van der Waals surface area contributed by atoms with Gasteiger partial charge >= 0.3 is 11.9 Å². The van der Waals surface area contributed by atoms with E-state index in [1.54, 1.807) is 0 Å². The summed E-state index contributed by atoms with van der Waals surface area (Å²) in [5.41, 5.74) is 0. The molecule has 2 rings (SSSR count). The van der Waals surface area contributed by atoms with Crippen molar-refractivity contribution in [2.24, 2.45) is 0 Å². The van der Waals surface area contributed by atoms with E-state index in [9.17, 15) is 9.59 Å². The molecule has 2 unspecified atom stereocenters. The minimum absolute atomic E-state index is 0.0115. The highest BCUT2D eigenvalue weighted by atomic mass is 32.2. The van der Waals surface area contributed by atoms with E-state index >= 15 is 0 Å². The monoisotopic (exact) mass is 388 g/mol. The van der Waals surface area contributed by atoms with Crippen molar-refractivity contribution in [2.75, 3.05) is 23.0 Å². The van der Waals surface area contributed by atoms with E-state index in [1.165, 1.54) is 29.4 Å². The molecule has 0 aromatic carbocycles. The number of rotatable bonds is 12. The molecule has 0 radical (unpaired) electrons. The van der Waals surface area contributed by atoms with E-state index in [1.807, 2.05) is 23.5 Å². The van der Waals surface area contributed by atoms with Gasteiger partial charge in [0.2, 0.25) is 0 Å². The topological polar surface area (TPSA) is 52.6 Å². The molecule has 2 saturated heterocycles. The van der Waals surface area contributed by atoms with Crippen molar-refractivity contribution >= 4 is 35.5 Å². The molecule has 4 nitrogen and oxygen atoms in total. The Bertz CT molecular complexity index is 367. The van der Waals surface area contributed by atoms with E-state index in [2.05, 4.69) is 0 Å². The molecule has 144 valence electrons. The van der Waals surface area contributed by atoms with Gasteiger partial charge in [0.25, 0.3) is 0 Å². The van der Waals surface area contributed by atoms with Crippen molar-refractivity contribution in [1.82, 2.24) is 0 Å². The summed E-state index contributed by atoms with van der Waals surface area (Å²) in [6, 6.07) is 0. The smallest absolute Gasteiger partial charge is 0.306 e. The molecule has 0 N–H and O–H groups in total. The second kappa shape index (κ2) is 12.9. The van der Waals surface area contributed by atoms with Crippen molar-refractivity contribution in [1.29, 1.82) is 0 Å². The molecule has 2 aliphatic heterocycles. The first-order valence-corrected chi connectivity index (χ1v) is 12.1. The third-order valence-electron chi connectivity index (χ3n) is 4.62. The maximum absolute atomic E-state index is 11.2. The summed E-state index contributed by atoms with van der Waals surface area (Å²) in [7, 11) is 0. The normalized spacial score (nSPS) is 24.0. The fourth-order valence-electron chi connectivity index (χ4n) is 3.26. The van der Waals surface area contributed by atoms with Crippen LogP contribution in [0.4, 0.5) is 0 Å². The summed E-state index contributed by atoms with van der Waals surface area (Å²) in [6.45, 7) is 0. The van der Waals surface area contributed by atoms with Crippen LogP contribution in [0.3, 0.4) is 0 Å². The molecule has 2 aliphatic rings. The fraction of sp³-hybridized carbons (Fsp3) is 0.895. The summed E-state index contributed by atoms with van der Waals surface area (Å²) in [5.74, 6) is 4.76. The van der Waals surface area contributed by atoms with Crippen LogP contribution in [0.15, 0.2) is 0 Å². The van der Waals surface area contributed by atoms with Crippen molar-refractivity contribution in [2.45, 2.75) is 82.8 Å². The summed E-state index contributed by atoms with van der Waals surface area (Å²) in [5, 5.41) is 0. The second-order valence-corrected chi connectivity index (χ2v) is 9.32. The number of ether oxygens (including phenoxy) is 2. The van der Waals surface area contributed by atoms with Crippen LogP contribution in [0.1, 0.15) is 70.6 Å². The van der Waals surface area contributed by atoms with Crippen molar-refractivity contribution < 1.29 is 19.1 Å². The zero-order valence-corrected chi connectivity index (χ0v) is 16.8. The Morgan fingerprint density at radius 3 is 1.60 bits per heavy atom. The number of esters is 2. The number of carbonyl (C=O) groups is 2. The van der Waals surface area contributed by atoms with Crippen LogP contribution >= 0.6 is 23.5 Å². The summed E-state index contributed by atoms with van der Waals surface area (Å²) in [6.07, 6.45) is 11.3. The van der Waals surface area contributed by atoms with Crippen molar-refractivity contribution in [3.8, 4) is 0 Å². The van der Waals surface area contributed by atoms with Gasteiger partial charge in [-0.05, 0) is 80.8 Å². The Hall–Kier alpha value is -0.360. The fourth-order valence-corrected chi connectivity index (χ4v) is 5.28. The van der Waals surface area contributed by atoms with Gasteiger partial charge < -0.3 is 9.47 Å². The van der Waals surface area contributed by atoms with Gasteiger partial charge in [0.15, 0.2) is 0 Å². The zero-order valence-electron chi connectivity index (χ0n) is 15.2. The summed E-state index contributed by atoms with van der Waals surface area (Å²) in [4.78, 5) is 22.4. The lowest BCUT2D eigenvalue weighted by molar-refractivity contribution is -0.154. The van der Waals surface area contributed by atoms with Gasteiger partial charge in [0, 0.05) is 12.8 Å². The SMILES string of the molecule is O=C1CCCC(CCCSCCCSCCCC2CCCC(=O)O2)O1. The number of carbonyl (C=O) groups excluding carboxylic acids is 2. The molecule has 0 saturated carbocycles. The van der Waals surface area contributed by atoms with Crippen LogP contribution in [-0.2, 0) is 19.1 Å². The summed E-state index contributed by atoms with van der Waals surface area (Å²) >= 11 is 4.04. The number of hydrogen-bond donors (Lipinski definition) is 0. The van der Waals surface area contributed by atoms with Gasteiger partial charge in [-0.3, -0.25) is 9.59 Å². The zero-order chi connectivity index (χ0) is 17.7. The number of thioether (sulfide) groups is 2. The average molecular weight is 389 g/mol. The van der Waals surface area contributed by atoms with Gasteiger partial charge in [0.05, 0.1) is 0 Å². The lowest BCUT2D eigenvalue weighted by atomic mass is 10.1. The van der Waals surface area contributed by atoms with E-state index in [-0.39, 0.29) is 24.1 Å². The molecule has 0 amide bonds. The van der Waals surface area contributed by atoms with E-state index in [4.69, 9.17) is 9.47 Å².